The van der Waals surface area contributed by atoms with Crippen LogP contribution in [0.2, 0.25) is 0 Å². The number of rotatable bonds is 5. The van der Waals surface area contributed by atoms with Gasteiger partial charge in [0.25, 0.3) is 0 Å². The fourth-order valence-electron chi connectivity index (χ4n) is 5.56. The Morgan fingerprint density at radius 3 is 2.78 bits per heavy atom. The molecular weight excluding hydrogens is 534 g/mol. The summed E-state index contributed by atoms with van der Waals surface area (Å²) in [6.07, 6.45) is 5.85. The van der Waals surface area contributed by atoms with E-state index in [0.717, 1.165) is 57.0 Å². The first kappa shape index (κ1) is 21.9. The zero-order chi connectivity index (χ0) is 22.5. The van der Waals surface area contributed by atoms with Crippen LogP contribution >= 0.6 is 31.9 Å². The molecule has 1 heterocycles. The van der Waals surface area contributed by atoms with Crippen molar-refractivity contribution in [1.29, 1.82) is 0 Å². The number of fused-ring (bicyclic) bond motifs is 2. The van der Waals surface area contributed by atoms with E-state index in [1.165, 1.54) is 11.1 Å². The molecule has 1 aliphatic heterocycles. The highest BCUT2D eigenvalue weighted by atomic mass is 79.9. The number of halogens is 2. The second-order valence-corrected chi connectivity index (χ2v) is 11.0. The van der Waals surface area contributed by atoms with Crippen molar-refractivity contribution in [3.05, 3.63) is 73.7 Å². The highest BCUT2D eigenvalue weighted by molar-refractivity contribution is 9.11. The summed E-state index contributed by atoms with van der Waals surface area (Å²) in [5, 5.41) is 3.01. The van der Waals surface area contributed by atoms with Gasteiger partial charge in [0.15, 0.2) is 0 Å². The van der Waals surface area contributed by atoms with Gasteiger partial charge in [-0.15, -0.1) is 0 Å². The van der Waals surface area contributed by atoms with Gasteiger partial charge in [0.2, 0.25) is 5.91 Å². The maximum Gasteiger partial charge on any atom is 0.313 e. The van der Waals surface area contributed by atoms with Crippen molar-refractivity contribution in [3.63, 3.8) is 0 Å². The maximum atomic E-state index is 12.8. The molecular formula is C26H25Br2NO3. The minimum absolute atomic E-state index is 0.0535. The standard InChI is InChI=1S/C26H25Br2NO3/c1-15-9-18-14-32-25(31)26(18,12-15)13-16-5-7-19(8-6-16)29-23(30)11-21-22(27)10-17-3-2-4-20(17)24(21)28/h5-8,10,18H,1-4,9,11-14H2,(H,29,30). The van der Waals surface area contributed by atoms with Crippen molar-refractivity contribution in [3.8, 4) is 0 Å². The van der Waals surface area contributed by atoms with Crippen LogP contribution in [0, 0.1) is 11.3 Å². The zero-order valence-corrected chi connectivity index (χ0v) is 21.0. The van der Waals surface area contributed by atoms with Crippen molar-refractivity contribution in [2.45, 2.75) is 44.9 Å². The number of amides is 1. The first-order chi connectivity index (χ1) is 15.4. The lowest BCUT2D eigenvalue weighted by atomic mass is 9.75. The van der Waals surface area contributed by atoms with Gasteiger partial charge in [0, 0.05) is 20.6 Å². The first-order valence-electron chi connectivity index (χ1n) is 11.1. The molecule has 1 amide bonds. The molecule has 4 nitrogen and oxygen atoms in total. The third-order valence-electron chi connectivity index (χ3n) is 7.18. The summed E-state index contributed by atoms with van der Waals surface area (Å²) in [7, 11) is 0. The number of benzene rings is 2. The monoisotopic (exact) mass is 557 g/mol. The Balaban J connectivity index is 1.26. The number of carbonyl (C=O) groups is 2. The summed E-state index contributed by atoms with van der Waals surface area (Å²) in [5.74, 6) is 0.0809. The number of ether oxygens (including phenoxy) is 1. The first-order valence-corrected chi connectivity index (χ1v) is 12.7. The molecule has 0 radical (unpaired) electrons. The Hall–Kier alpha value is -1.92. The molecule has 0 aromatic heterocycles. The topological polar surface area (TPSA) is 55.4 Å². The van der Waals surface area contributed by atoms with Gasteiger partial charge < -0.3 is 10.1 Å². The average molecular weight is 559 g/mol. The van der Waals surface area contributed by atoms with E-state index in [0.29, 0.717) is 25.9 Å². The Morgan fingerprint density at radius 2 is 2.00 bits per heavy atom. The van der Waals surface area contributed by atoms with E-state index in [9.17, 15) is 9.59 Å². The lowest BCUT2D eigenvalue weighted by Gasteiger charge is -2.24. The minimum Gasteiger partial charge on any atom is -0.465 e. The summed E-state index contributed by atoms with van der Waals surface area (Å²) < 4.78 is 7.41. The fraction of sp³-hybridized carbons (Fsp3) is 0.385. The predicted octanol–water partition coefficient (Wildman–Crippen LogP) is 5.93. The molecule has 2 aromatic carbocycles. The molecule has 0 bridgehead atoms. The van der Waals surface area contributed by atoms with E-state index < -0.39 is 5.41 Å². The molecule has 0 spiro atoms. The van der Waals surface area contributed by atoms with Crippen LogP contribution in [0.1, 0.15) is 41.5 Å². The molecule has 5 rings (SSSR count). The van der Waals surface area contributed by atoms with E-state index in [1.54, 1.807) is 0 Å². The highest BCUT2D eigenvalue weighted by Crippen LogP contribution is 2.52. The molecule has 2 aromatic rings. The molecule has 3 aliphatic rings. The van der Waals surface area contributed by atoms with E-state index in [-0.39, 0.29) is 17.8 Å². The third kappa shape index (κ3) is 3.86. The molecule has 1 N–H and O–H groups in total. The predicted molar refractivity (Wildman–Crippen MR) is 132 cm³/mol. The molecule has 1 saturated heterocycles. The van der Waals surface area contributed by atoms with E-state index in [2.05, 4.69) is 49.8 Å². The van der Waals surface area contributed by atoms with Crippen molar-refractivity contribution in [2.75, 3.05) is 11.9 Å². The smallest absolute Gasteiger partial charge is 0.313 e. The Kier molecular flexibility index (Phi) is 5.79. The number of hydrogen-bond donors (Lipinski definition) is 1. The second kappa shape index (κ2) is 8.45. The van der Waals surface area contributed by atoms with Gasteiger partial charge >= 0.3 is 5.97 Å². The van der Waals surface area contributed by atoms with Gasteiger partial charge in [0.05, 0.1) is 18.4 Å². The van der Waals surface area contributed by atoms with Crippen LogP contribution in [-0.2, 0) is 40.0 Å². The Bertz CT molecular complexity index is 1120. The van der Waals surface area contributed by atoms with Gasteiger partial charge in [-0.25, -0.2) is 0 Å². The number of anilines is 1. The number of allylic oxidation sites excluding steroid dienone is 1. The second-order valence-electron chi connectivity index (χ2n) is 9.32. The Morgan fingerprint density at radius 1 is 1.22 bits per heavy atom. The fourth-order valence-corrected chi connectivity index (χ4v) is 7.25. The summed E-state index contributed by atoms with van der Waals surface area (Å²) in [4.78, 5) is 25.3. The van der Waals surface area contributed by atoms with Crippen LogP contribution in [0.4, 0.5) is 5.69 Å². The van der Waals surface area contributed by atoms with Crippen LogP contribution in [0.3, 0.4) is 0 Å². The van der Waals surface area contributed by atoms with Crippen LogP contribution in [0.25, 0.3) is 0 Å². The van der Waals surface area contributed by atoms with Crippen molar-refractivity contribution in [1.82, 2.24) is 0 Å². The number of aryl methyl sites for hydroxylation is 1. The minimum atomic E-state index is -0.464. The lowest BCUT2D eigenvalue weighted by Crippen LogP contribution is -2.31. The van der Waals surface area contributed by atoms with Crippen molar-refractivity contribution >= 4 is 49.4 Å². The number of nitrogens with one attached hydrogen (secondary N) is 1. The molecule has 1 saturated carbocycles. The largest absolute Gasteiger partial charge is 0.465 e. The maximum absolute atomic E-state index is 12.8. The van der Waals surface area contributed by atoms with Crippen molar-refractivity contribution < 1.29 is 14.3 Å². The van der Waals surface area contributed by atoms with Gasteiger partial charge in [-0.05, 0) is 79.0 Å². The van der Waals surface area contributed by atoms with E-state index >= 15 is 0 Å². The van der Waals surface area contributed by atoms with Crippen LogP contribution in [0.5, 0.6) is 0 Å². The molecule has 2 unspecified atom stereocenters. The highest BCUT2D eigenvalue weighted by Gasteiger charge is 2.55. The molecule has 2 atom stereocenters. The summed E-state index contributed by atoms with van der Waals surface area (Å²) in [6.45, 7) is 4.61. The van der Waals surface area contributed by atoms with Gasteiger partial charge in [-0.2, -0.15) is 0 Å². The number of carbonyl (C=O) groups excluding carboxylic acids is 2. The molecule has 2 fully saturated rings. The molecule has 32 heavy (non-hydrogen) atoms. The summed E-state index contributed by atoms with van der Waals surface area (Å²) >= 11 is 7.37. The van der Waals surface area contributed by atoms with Crippen LogP contribution in [0.15, 0.2) is 51.4 Å². The average Bonchev–Trinajstić information content (AvgIpc) is 3.42. The van der Waals surface area contributed by atoms with Crippen LogP contribution < -0.4 is 5.32 Å². The number of cyclic esters (lactones) is 1. The Labute approximate surface area is 205 Å². The van der Waals surface area contributed by atoms with Crippen LogP contribution in [-0.4, -0.2) is 18.5 Å². The normalized spacial score (nSPS) is 23.8. The van der Waals surface area contributed by atoms with E-state index in [4.69, 9.17) is 4.74 Å². The molecule has 166 valence electrons. The lowest BCUT2D eigenvalue weighted by molar-refractivity contribution is -0.146. The van der Waals surface area contributed by atoms with E-state index in [1.807, 2.05) is 24.3 Å². The van der Waals surface area contributed by atoms with Crippen molar-refractivity contribution in [2.24, 2.45) is 11.3 Å². The number of hydrogen-bond acceptors (Lipinski definition) is 3. The van der Waals surface area contributed by atoms with Gasteiger partial charge in [-0.3, -0.25) is 9.59 Å². The summed E-state index contributed by atoms with van der Waals surface area (Å²) in [5.41, 5.74) is 6.19. The van der Waals surface area contributed by atoms with Gasteiger partial charge in [-0.1, -0.05) is 56.1 Å². The number of esters is 1. The SMILES string of the molecule is C=C1CC2COC(=O)C2(Cc2ccc(NC(=O)Cc3c(Br)cc4c(c3Br)CCC4)cc2)C1. The third-order valence-corrected chi connectivity index (χ3v) is 8.84. The van der Waals surface area contributed by atoms with Gasteiger partial charge in [0.1, 0.15) is 0 Å². The summed E-state index contributed by atoms with van der Waals surface area (Å²) in [6, 6.07) is 9.97. The molecule has 6 heteroatoms. The molecule has 2 aliphatic carbocycles. The quantitative estimate of drug-likeness (QED) is 0.365. The zero-order valence-electron chi connectivity index (χ0n) is 17.8.